The Labute approximate surface area is 146 Å². The number of esters is 1. The molecule has 1 atom stereocenters. The summed E-state index contributed by atoms with van der Waals surface area (Å²) in [6.45, 7) is 5.49. The van der Waals surface area contributed by atoms with Crippen LogP contribution in [0.2, 0.25) is 0 Å². The Balaban J connectivity index is 2.20. The monoisotopic (exact) mass is 346 g/mol. The molecule has 25 heavy (non-hydrogen) atoms. The molecule has 1 unspecified atom stereocenters. The summed E-state index contributed by atoms with van der Waals surface area (Å²) in [4.78, 5) is 50.1. The molecule has 3 amide bonds. The normalized spacial score (nSPS) is 14.5. The number of benzene rings is 1. The van der Waals surface area contributed by atoms with Crippen LogP contribution in [-0.4, -0.2) is 47.8 Å². The third-order valence-corrected chi connectivity index (χ3v) is 3.82. The zero-order valence-electron chi connectivity index (χ0n) is 14.6. The quantitative estimate of drug-likeness (QED) is 0.595. The molecule has 0 saturated carbocycles. The smallest absolute Gasteiger partial charge is 0.329 e. The number of carbonyl (C=O) groups excluding carboxylic acids is 4. The summed E-state index contributed by atoms with van der Waals surface area (Å²) in [6.07, 6.45) is 0.264. The van der Waals surface area contributed by atoms with E-state index in [0.717, 1.165) is 4.90 Å². The van der Waals surface area contributed by atoms with E-state index in [4.69, 9.17) is 4.74 Å². The van der Waals surface area contributed by atoms with E-state index in [1.54, 1.807) is 31.2 Å². The van der Waals surface area contributed by atoms with Gasteiger partial charge in [0.1, 0.15) is 6.04 Å². The SMILES string of the molecule is CCNC(=O)COC(=O)C(CC(C)C)N1C(=O)c2ccccc2C1=O. The van der Waals surface area contributed by atoms with Crippen molar-refractivity contribution in [3.05, 3.63) is 35.4 Å². The number of likely N-dealkylation sites (N-methyl/N-ethyl adjacent to an activating group) is 1. The molecule has 1 aliphatic rings. The lowest BCUT2D eigenvalue weighted by atomic mass is 10.0. The number of nitrogens with zero attached hydrogens (tertiary/aromatic N) is 1. The summed E-state index contributed by atoms with van der Waals surface area (Å²) in [6, 6.07) is 5.39. The van der Waals surface area contributed by atoms with E-state index in [9.17, 15) is 19.2 Å². The van der Waals surface area contributed by atoms with E-state index in [-0.39, 0.29) is 23.5 Å². The first-order chi connectivity index (χ1) is 11.9. The fraction of sp³-hybridized carbons (Fsp3) is 0.444. The molecular formula is C18H22N2O5. The largest absolute Gasteiger partial charge is 0.454 e. The van der Waals surface area contributed by atoms with Gasteiger partial charge in [-0.3, -0.25) is 19.3 Å². The highest BCUT2D eigenvalue weighted by Crippen LogP contribution is 2.27. The first-order valence-corrected chi connectivity index (χ1v) is 8.27. The van der Waals surface area contributed by atoms with Crippen molar-refractivity contribution in [2.45, 2.75) is 33.2 Å². The molecule has 7 heteroatoms. The molecule has 0 fully saturated rings. The van der Waals surface area contributed by atoms with Crippen molar-refractivity contribution in [3.8, 4) is 0 Å². The lowest BCUT2D eigenvalue weighted by molar-refractivity contribution is -0.152. The molecule has 0 spiro atoms. The molecule has 1 heterocycles. The second kappa shape index (κ2) is 7.92. The van der Waals surface area contributed by atoms with Gasteiger partial charge in [0.2, 0.25) is 0 Å². The molecule has 1 aromatic carbocycles. The van der Waals surface area contributed by atoms with Crippen molar-refractivity contribution < 1.29 is 23.9 Å². The van der Waals surface area contributed by atoms with Gasteiger partial charge in [-0.2, -0.15) is 0 Å². The van der Waals surface area contributed by atoms with Crippen LogP contribution >= 0.6 is 0 Å². The number of imide groups is 1. The number of amides is 3. The van der Waals surface area contributed by atoms with E-state index >= 15 is 0 Å². The maximum atomic E-state index is 12.6. The Morgan fingerprint density at radius 2 is 1.68 bits per heavy atom. The Morgan fingerprint density at radius 1 is 1.12 bits per heavy atom. The van der Waals surface area contributed by atoms with Crippen molar-refractivity contribution in [1.82, 2.24) is 10.2 Å². The molecule has 1 N–H and O–H groups in total. The molecule has 1 aliphatic heterocycles. The molecule has 0 bridgehead atoms. The summed E-state index contributed by atoms with van der Waals surface area (Å²) in [5.74, 6) is -2.16. The predicted octanol–water partition coefficient (Wildman–Crippen LogP) is 1.38. The number of hydrogen-bond acceptors (Lipinski definition) is 5. The minimum atomic E-state index is -1.05. The van der Waals surface area contributed by atoms with Gasteiger partial charge in [0, 0.05) is 6.54 Å². The lowest BCUT2D eigenvalue weighted by Gasteiger charge is -2.25. The van der Waals surface area contributed by atoms with Crippen LogP contribution in [0.3, 0.4) is 0 Å². The fourth-order valence-electron chi connectivity index (χ4n) is 2.73. The van der Waals surface area contributed by atoms with Crippen LogP contribution < -0.4 is 5.32 Å². The van der Waals surface area contributed by atoms with Crippen LogP contribution in [-0.2, 0) is 14.3 Å². The van der Waals surface area contributed by atoms with Gasteiger partial charge < -0.3 is 10.1 Å². The maximum Gasteiger partial charge on any atom is 0.329 e. The summed E-state index contributed by atoms with van der Waals surface area (Å²) >= 11 is 0. The van der Waals surface area contributed by atoms with Crippen molar-refractivity contribution >= 4 is 23.7 Å². The molecule has 0 aromatic heterocycles. The minimum absolute atomic E-state index is 0.0475. The highest BCUT2D eigenvalue weighted by molar-refractivity contribution is 6.22. The van der Waals surface area contributed by atoms with E-state index in [2.05, 4.69) is 5.32 Å². The molecular weight excluding hydrogens is 324 g/mol. The number of carbonyl (C=O) groups is 4. The Kier molecular flexibility index (Phi) is 5.90. The van der Waals surface area contributed by atoms with Crippen LogP contribution in [0.4, 0.5) is 0 Å². The first kappa shape index (κ1) is 18.6. The van der Waals surface area contributed by atoms with Gasteiger partial charge in [-0.25, -0.2) is 4.79 Å². The zero-order valence-corrected chi connectivity index (χ0v) is 14.6. The average Bonchev–Trinajstić information content (AvgIpc) is 2.82. The van der Waals surface area contributed by atoms with Crippen LogP contribution in [0.1, 0.15) is 47.9 Å². The summed E-state index contributed by atoms with van der Waals surface area (Å²) in [5, 5.41) is 2.52. The standard InChI is InChI=1S/C18H22N2O5/c1-4-19-15(21)10-25-18(24)14(9-11(2)3)20-16(22)12-7-5-6-8-13(12)17(20)23/h5-8,11,14H,4,9-10H2,1-3H3,(H,19,21). The number of fused-ring (bicyclic) bond motifs is 1. The molecule has 7 nitrogen and oxygen atoms in total. The number of ether oxygens (including phenoxy) is 1. The molecule has 0 aliphatic carbocycles. The van der Waals surface area contributed by atoms with Crippen LogP contribution in [0.15, 0.2) is 24.3 Å². The highest BCUT2D eigenvalue weighted by atomic mass is 16.5. The van der Waals surface area contributed by atoms with Crippen LogP contribution in [0.5, 0.6) is 0 Å². The third kappa shape index (κ3) is 4.04. The molecule has 0 saturated heterocycles. The van der Waals surface area contributed by atoms with Gasteiger partial charge in [0.05, 0.1) is 11.1 Å². The highest BCUT2D eigenvalue weighted by Gasteiger charge is 2.43. The minimum Gasteiger partial charge on any atom is -0.454 e. The van der Waals surface area contributed by atoms with Gasteiger partial charge in [0.15, 0.2) is 6.61 Å². The van der Waals surface area contributed by atoms with Gasteiger partial charge >= 0.3 is 5.97 Å². The lowest BCUT2D eigenvalue weighted by Crippen LogP contribution is -2.47. The zero-order chi connectivity index (χ0) is 18.6. The van der Waals surface area contributed by atoms with E-state index < -0.39 is 36.3 Å². The Morgan fingerprint density at radius 3 is 2.16 bits per heavy atom. The number of nitrogens with one attached hydrogen (secondary N) is 1. The number of hydrogen-bond donors (Lipinski definition) is 1. The average molecular weight is 346 g/mol. The van der Waals surface area contributed by atoms with E-state index in [1.807, 2.05) is 13.8 Å². The maximum absolute atomic E-state index is 12.6. The fourth-order valence-corrected chi connectivity index (χ4v) is 2.73. The van der Waals surface area contributed by atoms with Crippen LogP contribution in [0.25, 0.3) is 0 Å². The van der Waals surface area contributed by atoms with Gasteiger partial charge in [-0.1, -0.05) is 26.0 Å². The molecule has 1 aromatic rings. The third-order valence-electron chi connectivity index (χ3n) is 3.82. The molecule has 2 rings (SSSR count). The molecule has 0 radical (unpaired) electrons. The Hall–Kier alpha value is -2.70. The van der Waals surface area contributed by atoms with Gasteiger partial charge in [-0.05, 0) is 31.4 Å². The van der Waals surface area contributed by atoms with Crippen molar-refractivity contribution in [3.63, 3.8) is 0 Å². The number of rotatable bonds is 7. The van der Waals surface area contributed by atoms with E-state index in [0.29, 0.717) is 6.54 Å². The van der Waals surface area contributed by atoms with Crippen LogP contribution in [0, 0.1) is 5.92 Å². The van der Waals surface area contributed by atoms with Crippen molar-refractivity contribution in [2.75, 3.05) is 13.2 Å². The van der Waals surface area contributed by atoms with Crippen molar-refractivity contribution in [2.24, 2.45) is 5.92 Å². The summed E-state index contributed by atoms with van der Waals surface area (Å²) < 4.78 is 5.03. The van der Waals surface area contributed by atoms with Gasteiger partial charge in [-0.15, -0.1) is 0 Å². The van der Waals surface area contributed by atoms with Gasteiger partial charge in [0.25, 0.3) is 17.7 Å². The summed E-state index contributed by atoms with van der Waals surface area (Å²) in [5.41, 5.74) is 0.551. The van der Waals surface area contributed by atoms with E-state index in [1.165, 1.54) is 0 Å². The second-order valence-electron chi connectivity index (χ2n) is 6.23. The first-order valence-electron chi connectivity index (χ1n) is 8.27. The van der Waals surface area contributed by atoms with Crippen molar-refractivity contribution in [1.29, 1.82) is 0 Å². The second-order valence-corrected chi connectivity index (χ2v) is 6.23. The molecule has 134 valence electrons. The Bertz CT molecular complexity index is 663. The summed E-state index contributed by atoms with van der Waals surface area (Å²) in [7, 11) is 0. The predicted molar refractivity (Wildman–Crippen MR) is 89.8 cm³/mol. The topological polar surface area (TPSA) is 92.8 Å².